The van der Waals surface area contributed by atoms with Crippen molar-refractivity contribution in [2.24, 2.45) is 5.92 Å². The van der Waals surface area contributed by atoms with Crippen LogP contribution in [0.25, 0.3) is 4.91 Å². The summed E-state index contributed by atoms with van der Waals surface area (Å²) in [6.07, 6.45) is 2.25. The molecule has 3 aromatic rings. The molecule has 4 nitrogen and oxygen atoms in total. The monoisotopic (exact) mass is 455 g/mol. The van der Waals surface area contributed by atoms with Gasteiger partial charge in [-0.15, -0.1) is 11.8 Å². The van der Waals surface area contributed by atoms with Crippen LogP contribution in [0.4, 0.5) is 4.79 Å². The van der Waals surface area contributed by atoms with E-state index in [-0.39, 0.29) is 30.4 Å². The van der Waals surface area contributed by atoms with Crippen molar-refractivity contribution in [3.8, 4) is 0 Å². The molecule has 0 N–H and O–H groups in total. The third-order valence-electron chi connectivity index (χ3n) is 6.26. The molecule has 0 bridgehead atoms. The van der Waals surface area contributed by atoms with Crippen molar-refractivity contribution < 1.29 is 14.3 Å². The Morgan fingerprint density at radius 3 is 2.24 bits per heavy atom. The first-order valence-corrected chi connectivity index (χ1v) is 12.2. The number of thioether (sulfide) groups is 1. The number of rotatable bonds is 5. The molecule has 2 heterocycles. The van der Waals surface area contributed by atoms with Gasteiger partial charge in [-0.05, 0) is 23.1 Å². The van der Waals surface area contributed by atoms with E-state index in [2.05, 4.69) is 30.3 Å². The van der Waals surface area contributed by atoms with Crippen molar-refractivity contribution >= 4 is 28.7 Å². The minimum absolute atomic E-state index is 0.110. The van der Waals surface area contributed by atoms with Gasteiger partial charge in [0.1, 0.15) is 6.61 Å². The molecular weight excluding hydrogens is 430 g/mol. The van der Waals surface area contributed by atoms with E-state index in [9.17, 15) is 9.59 Å². The summed E-state index contributed by atoms with van der Waals surface area (Å²) in [7, 11) is 0. The first-order valence-electron chi connectivity index (χ1n) is 11.2. The summed E-state index contributed by atoms with van der Waals surface area (Å²) in [4.78, 5) is 29.0. The second-order valence-electron chi connectivity index (χ2n) is 8.38. The number of nitrogens with zero attached hydrogens (tertiary/aromatic N) is 1. The summed E-state index contributed by atoms with van der Waals surface area (Å²) in [5.74, 6) is 0.0129. The molecule has 0 radical (unpaired) electrons. The maximum Gasteiger partial charge on any atom is 0.416 e. The predicted molar refractivity (Wildman–Crippen MR) is 132 cm³/mol. The lowest BCUT2D eigenvalue weighted by atomic mass is 9.84. The van der Waals surface area contributed by atoms with Crippen LogP contribution in [-0.2, 0) is 16.0 Å². The summed E-state index contributed by atoms with van der Waals surface area (Å²) >= 11 is 1.68. The summed E-state index contributed by atoms with van der Waals surface area (Å²) in [6.45, 7) is 0.237. The molecule has 2 amide bonds. The Morgan fingerprint density at radius 1 is 0.909 bits per heavy atom. The molecule has 5 heteroatoms. The van der Waals surface area contributed by atoms with Gasteiger partial charge in [-0.2, -0.15) is 0 Å². The summed E-state index contributed by atoms with van der Waals surface area (Å²) in [5, 5.41) is 0. The molecule has 0 aliphatic carbocycles. The fourth-order valence-corrected chi connectivity index (χ4v) is 5.82. The largest absolute Gasteiger partial charge is 0.447 e. The SMILES string of the molecule is O=C1OC[C@H](Cc2ccccc2)N1C(=O)[C@@H]1CSC(c2ccccc2)=C[C@H]1c1ccccc1. The average Bonchev–Trinajstić information content (AvgIpc) is 3.24. The van der Waals surface area contributed by atoms with Crippen LogP contribution >= 0.6 is 11.8 Å². The molecule has 33 heavy (non-hydrogen) atoms. The molecule has 0 spiro atoms. The molecule has 2 aliphatic rings. The third-order valence-corrected chi connectivity index (χ3v) is 7.46. The highest BCUT2D eigenvalue weighted by Gasteiger charge is 2.44. The number of imide groups is 1. The van der Waals surface area contributed by atoms with E-state index in [1.54, 1.807) is 11.8 Å². The highest BCUT2D eigenvalue weighted by Crippen LogP contribution is 2.43. The van der Waals surface area contributed by atoms with E-state index in [1.807, 2.05) is 66.7 Å². The molecule has 3 aromatic carbocycles. The van der Waals surface area contributed by atoms with Crippen molar-refractivity contribution in [2.45, 2.75) is 18.4 Å². The number of allylic oxidation sites excluding steroid dienone is 1. The van der Waals surface area contributed by atoms with Gasteiger partial charge in [-0.25, -0.2) is 9.69 Å². The predicted octanol–water partition coefficient (Wildman–Crippen LogP) is 5.76. The molecule has 1 fully saturated rings. The fraction of sp³-hybridized carbons (Fsp3) is 0.214. The van der Waals surface area contributed by atoms with Gasteiger partial charge < -0.3 is 4.74 Å². The van der Waals surface area contributed by atoms with Gasteiger partial charge in [0.2, 0.25) is 5.91 Å². The summed E-state index contributed by atoms with van der Waals surface area (Å²) in [6, 6.07) is 30.0. The molecule has 1 saturated heterocycles. The molecule has 0 saturated carbocycles. The van der Waals surface area contributed by atoms with Crippen LogP contribution in [0.2, 0.25) is 0 Å². The Balaban J connectivity index is 1.45. The van der Waals surface area contributed by atoms with E-state index < -0.39 is 6.09 Å². The lowest BCUT2D eigenvalue weighted by Gasteiger charge is -2.32. The van der Waals surface area contributed by atoms with Crippen LogP contribution in [-0.4, -0.2) is 35.3 Å². The Morgan fingerprint density at radius 2 is 1.55 bits per heavy atom. The number of ether oxygens (including phenoxy) is 1. The number of hydrogen-bond donors (Lipinski definition) is 0. The minimum atomic E-state index is -0.532. The first kappa shape index (κ1) is 21.5. The fourth-order valence-electron chi connectivity index (χ4n) is 4.57. The van der Waals surface area contributed by atoms with Crippen molar-refractivity contribution in [2.75, 3.05) is 12.4 Å². The number of carbonyl (C=O) groups is 2. The second-order valence-corrected chi connectivity index (χ2v) is 9.44. The van der Waals surface area contributed by atoms with Gasteiger partial charge in [0.15, 0.2) is 0 Å². The quantitative estimate of drug-likeness (QED) is 0.490. The van der Waals surface area contributed by atoms with E-state index in [1.165, 1.54) is 9.81 Å². The summed E-state index contributed by atoms with van der Waals surface area (Å²) < 4.78 is 5.34. The molecule has 3 atom stereocenters. The normalized spacial score (nSPS) is 22.5. The second kappa shape index (κ2) is 9.67. The third kappa shape index (κ3) is 4.60. The maximum absolute atomic E-state index is 13.8. The van der Waals surface area contributed by atoms with Gasteiger partial charge in [-0.1, -0.05) is 97.1 Å². The van der Waals surface area contributed by atoms with Crippen LogP contribution < -0.4 is 0 Å². The van der Waals surface area contributed by atoms with Gasteiger partial charge in [-0.3, -0.25) is 4.79 Å². The smallest absolute Gasteiger partial charge is 0.416 e. The number of cyclic esters (lactones) is 1. The van der Waals surface area contributed by atoms with Gasteiger partial charge in [0, 0.05) is 16.6 Å². The Labute approximate surface area is 198 Å². The zero-order valence-corrected chi connectivity index (χ0v) is 19.0. The standard InChI is InChI=1S/C28H25NO3S/c30-27(29-23(18-32-28(29)31)16-20-10-4-1-5-11-20)25-19-33-26(22-14-8-3-9-15-22)17-24(25)21-12-6-2-7-13-21/h1-15,17,23-25H,16,18-19H2/t23-,24-,25+/m0/s1. The maximum atomic E-state index is 13.8. The lowest BCUT2D eigenvalue weighted by molar-refractivity contribution is -0.133. The number of amides is 2. The topological polar surface area (TPSA) is 46.6 Å². The molecule has 0 unspecified atom stereocenters. The molecule has 0 aromatic heterocycles. The van der Waals surface area contributed by atoms with Crippen LogP contribution in [0, 0.1) is 5.92 Å². The molecule has 2 aliphatic heterocycles. The lowest BCUT2D eigenvalue weighted by Crippen LogP contribution is -2.46. The summed E-state index contributed by atoms with van der Waals surface area (Å²) in [5.41, 5.74) is 3.32. The highest BCUT2D eigenvalue weighted by atomic mass is 32.2. The first-order chi connectivity index (χ1) is 16.2. The van der Waals surface area contributed by atoms with E-state index in [0.717, 1.165) is 16.7 Å². The van der Waals surface area contributed by atoms with Gasteiger partial charge in [0.25, 0.3) is 0 Å². The van der Waals surface area contributed by atoms with Crippen molar-refractivity contribution in [3.63, 3.8) is 0 Å². The van der Waals surface area contributed by atoms with Crippen molar-refractivity contribution in [3.05, 3.63) is 114 Å². The van der Waals surface area contributed by atoms with Crippen LogP contribution in [0.1, 0.15) is 22.6 Å². The Hall–Kier alpha value is -3.31. The van der Waals surface area contributed by atoms with Gasteiger partial charge >= 0.3 is 6.09 Å². The van der Waals surface area contributed by atoms with Crippen molar-refractivity contribution in [1.82, 2.24) is 4.90 Å². The average molecular weight is 456 g/mol. The van der Waals surface area contributed by atoms with Crippen molar-refractivity contribution in [1.29, 1.82) is 0 Å². The Bertz CT molecular complexity index is 1150. The molecule has 5 rings (SSSR count). The van der Waals surface area contributed by atoms with E-state index in [4.69, 9.17) is 4.74 Å². The minimum Gasteiger partial charge on any atom is -0.447 e. The zero-order chi connectivity index (χ0) is 22.6. The zero-order valence-electron chi connectivity index (χ0n) is 18.2. The number of hydrogen-bond acceptors (Lipinski definition) is 4. The highest BCUT2D eigenvalue weighted by molar-refractivity contribution is 8.08. The molecular formula is C28H25NO3S. The molecule has 166 valence electrons. The number of benzene rings is 3. The van der Waals surface area contributed by atoms with Crippen LogP contribution in [0.15, 0.2) is 97.1 Å². The van der Waals surface area contributed by atoms with Crippen LogP contribution in [0.5, 0.6) is 0 Å². The Kier molecular flexibility index (Phi) is 6.31. The number of carbonyl (C=O) groups excluding carboxylic acids is 2. The van der Waals surface area contributed by atoms with E-state index in [0.29, 0.717) is 12.2 Å². The van der Waals surface area contributed by atoms with Gasteiger partial charge in [0.05, 0.1) is 12.0 Å². The van der Waals surface area contributed by atoms with E-state index >= 15 is 0 Å². The van der Waals surface area contributed by atoms with Crippen LogP contribution in [0.3, 0.4) is 0 Å².